The second kappa shape index (κ2) is 9.58. The number of imide groups is 1. The van der Waals surface area contributed by atoms with Crippen molar-refractivity contribution in [2.24, 2.45) is 0 Å². The van der Waals surface area contributed by atoms with Crippen LogP contribution in [0.3, 0.4) is 0 Å². The first-order valence-electron chi connectivity index (χ1n) is 7.58. The van der Waals surface area contributed by atoms with Crippen LogP contribution in [0.15, 0.2) is 30.3 Å². The first-order chi connectivity index (χ1) is 10.9. The largest absolute Gasteiger partial charge is 0.353 e. The van der Waals surface area contributed by atoms with Gasteiger partial charge in [-0.15, -0.1) is 0 Å². The second-order valence-corrected chi connectivity index (χ2v) is 5.39. The van der Waals surface area contributed by atoms with Gasteiger partial charge in [-0.05, 0) is 32.5 Å². The van der Waals surface area contributed by atoms with Crippen molar-refractivity contribution in [1.29, 1.82) is 0 Å². The standard InChI is InChI=1S/C16H24N4O3/c1-4-20(10-14(21)17-12(2)3)11-15(22)19-16(23)18-13-8-6-5-7-9-13/h5-9,12H,4,10-11H2,1-3H3,(H,17,21)(H2,18,19,22,23). The number of nitrogens with one attached hydrogen (secondary N) is 3. The summed E-state index contributed by atoms with van der Waals surface area (Å²) in [7, 11) is 0. The molecular formula is C16H24N4O3. The van der Waals surface area contributed by atoms with Gasteiger partial charge in [-0.1, -0.05) is 25.1 Å². The number of anilines is 1. The number of amides is 4. The molecule has 0 aliphatic carbocycles. The molecular weight excluding hydrogens is 296 g/mol. The zero-order valence-electron chi connectivity index (χ0n) is 13.8. The number of benzene rings is 1. The number of likely N-dealkylation sites (N-methyl/N-ethyl adjacent to an activating group) is 1. The molecule has 7 nitrogen and oxygen atoms in total. The highest BCUT2D eigenvalue weighted by Gasteiger charge is 2.15. The van der Waals surface area contributed by atoms with Crippen molar-refractivity contribution in [2.45, 2.75) is 26.8 Å². The predicted molar refractivity (Wildman–Crippen MR) is 89.0 cm³/mol. The minimum Gasteiger partial charge on any atom is -0.353 e. The number of hydrogen-bond donors (Lipinski definition) is 3. The maximum Gasteiger partial charge on any atom is 0.325 e. The van der Waals surface area contributed by atoms with Crippen LogP contribution in [0.4, 0.5) is 10.5 Å². The summed E-state index contributed by atoms with van der Waals surface area (Å²) in [6.07, 6.45) is 0. The highest BCUT2D eigenvalue weighted by Crippen LogP contribution is 2.04. The van der Waals surface area contributed by atoms with Crippen LogP contribution in [0.2, 0.25) is 0 Å². The summed E-state index contributed by atoms with van der Waals surface area (Å²) in [5.74, 6) is -0.610. The number of nitrogens with zero attached hydrogens (tertiary/aromatic N) is 1. The van der Waals surface area contributed by atoms with Gasteiger partial charge in [0, 0.05) is 11.7 Å². The molecule has 1 aromatic carbocycles. The fraction of sp³-hybridized carbons (Fsp3) is 0.438. The number of carbonyl (C=O) groups is 3. The molecule has 23 heavy (non-hydrogen) atoms. The Labute approximate surface area is 136 Å². The van der Waals surface area contributed by atoms with Crippen LogP contribution in [0, 0.1) is 0 Å². The maximum absolute atomic E-state index is 11.9. The van der Waals surface area contributed by atoms with E-state index in [9.17, 15) is 14.4 Å². The number of carbonyl (C=O) groups excluding carboxylic acids is 3. The van der Waals surface area contributed by atoms with Gasteiger partial charge < -0.3 is 10.6 Å². The quantitative estimate of drug-likeness (QED) is 0.704. The van der Waals surface area contributed by atoms with Crippen LogP contribution in [-0.4, -0.2) is 48.4 Å². The second-order valence-electron chi connectivity index (χ2n) is 5.39. The summed E-state index contributed by atoms with van der Waals surface area (Å²) in [6, 6.07) is 8.29. The molecule has 3 N–H and O–H groups in total. The van der Waals surface area contributed by atoms with E-state index in [1.54, 1.807) is 29.2 Å². The molecule has 0 saturated heterocycles. The van der Waals surface area contributed by atoms with Crippen LogP contribution in [0.1, 0.15) is 20.8 Å². The van der Waals surface area contributed by atoms with Gasteiger partial charge in [-0.25, -0.2) is 4.79 Å². The smallest absolute Gasteiger partial charge is 0.325 e. The molecule has 0 aliphatic rings. The van der Waals surface area contributed by atoms with Gasteiger partial charge in [0.05, 0.1) is 13.1 Å². The average molecular weight is 320 g/mol. The molecule has 0 saturated carbocycles. The van der Waals surface area contributed by atoms with E-state index in [0.717, 1.165) is 0 Å². The molecule has 0 unspecified atom stereocenters. The molecule has 1 aromatic rings. The van der Waals surface area contributed by atoms with Crippen LogP contribution in [0.5, 0.6) is 0 Å². The van der Waals surface area contributed by atoms with E-state index in [1.165, 1.54) is 0 Å². The Hall–Kier alpha value is -2.41. The van der Waals surface area contributed by atoms with E-state index >= 15 is 0 Å². The van der Waals surface area contributed by atoms with E-state index in [-0.39, 0.29) is 25.0 Å². The molecule has 0 bridgehead atoms. The summed E-state index contributed by atoms with van der Waals surface area (Å²) in [4.78, 5) is 37.0. The zero-order chi connectivity index (χ0) is 17.2. The third-order valence-corrected chi connectivity index (χ3v) is 2.92. The van der Waals surface area contributed by atoms with Gasteiger partial charge in [-0.3, -0.25) is 19.8 Å². The van der Waals surface area contributed by atoms with Crippen molar-refractivity contribution in [1.82, 2.24) is 15.5 Å². The van der Waals surface area contributed by atoms with Gasteiger partial charge in [0.1, 0.15) is 0 Å². The Morgan fingerprint density at radius 1 is 1.04 bits per heavy atom. The van der Waals surface area contributed by atoms with Gasteiger partial charge in [0.25, 0.3) is 0 Å². The monoisotopic (exact) mass is 320 g/mol. The maximum atomic E-state index is 11.9. The highest BCUT2D eigenvalue weighted by atomic mass is 16.2. The van der Waals surface area contributed by atoms with Crippen molar-refractivity contribution in [3.05, 3.63) is 30.3 Å². The number of hydrogen-bond acceptors (Lipinski definition) is 4. The molecule has 0 atom stereocenters. The molecule has 0 aromatic heterocycles. The fourth-order valence-corrected chi connectivity index (χ4v) is 1.90. The molecule has 4 amide bonds. The summed E-state index contributed by atoms with van der Waals surface area (Å²) in [5, 5.41) is 7.57. The Kier molecular flexibility index (Phi) is 7.76. The Morgan fingerprint density at radius 2 is 1.65 bits per heavy atom. The normalized spacial score (nSPS) is 10.5. The van der Waals surface area contributed by atoms with Crippen molar-refractivity contribution >= 4 is 23.5 Å². The lowest BCUT2D eigenvalue weighted by Crippen LogP contribution is -2.46. The van der Waals surface area contributed by atoms with E-state index in [2.05, 4.69) is 16.0 Å². The Balaban J connectivity index is 2.41. The SMILES string of the molecule is CCN(CC(=O)NC(=O)Nc1ccccc1)CC(=O)NC(C)C. The van der Waals surface area contributed by atoms with E-state index in [0.29, 0.717) is 12.2 Å². The summed E-state index contributed by atoms with van der Waals surface area (Å²) in [5.41, 5.74) is 0.599. The van der Waals surface area contributed by atoms with E-state index in [1.807, 2.05) is 26.8 Å². The first kappa shape index (κ1) is 18.6. The lowest BCUT2D eigenvalue weighted by molar-refractivity contribution is -0.124. The van der Waals surface area contributed by atoms with Crippen LogP contribution >= 0.6 is 0 Å². The molecule has 0 heterocycles. The summed E-state index contributed by atoms with van der Waals surface area (Å²) < 4.78 is 0. The lowest BCUT2D eigenvalue weighted by atomic mass is 10.3. The van der Waals surface area contributed by atoms with Gasteiger partial charge in [-0.2, -0.15) is 0 Å². The van der Waals surface area contributed by atoms with Gasteiger partial charge in [0.15, 0.2) is 0 Å². The summed E-state index contributed by atoms with van der Waals surface area (Å²) in [6.45, 7) is 6.20. The minimum atomic E-state index is -0.594. The molecule has 7 heteroatoms. The molecule has 126 valence electrons. The molecule has 0 radical (unpaired) electrons. The van der Waals surface area contributed by atoms with Gasteiger partial charge >= 0.3 is 6.03 Å². The van der Waals surface area contributed by atoms with Crippen molar-refractivity contribution in [2.75, 3.05) is 25.0 Å². The van der Waals surface area contributed by atoms with Crippen molar-refractivity contribution < 1.29 is 14.4 Å². The van der Waals surface area contributed by atoms with E-state index < -0.39 is 11.9 Å². The molecule has 0 aliphatic heterocycles. The van der Waals surface area contributed by atoms with Crippen molar-refractivity contribution in [3.63, 3.8) is 0 Å². The van der Waals surface area contributed by atoms with Gasteiger partial charge in [0.2, 0.25) is 11.8 Å². The number of rotatable bonds is 7. The summed E-state index contributed by atoms with van der Waals surface area (Å²) >= 11 is 0. The first-order valence-corrected chi connectivity index (χ1v) is 7.58. The third kappa shape index (κ3) is 7.96. The Morgan fingerprint density at radius 3 is 2.22 bits per heavy atom. The van der Waals surface area contributed by atoms with E-state index in [4.69, 9.17) is 0 Å². The zero-order valence-corrected chi connectivity index (χ0v) is 13.8. The number of urea groups is 1. The fourth-order valence-electron chi connectivity index (χ4n) is 1.90. The van der Waals surface area contributed by atoms with Crippen LogP contribution in [-0.2, 0) is 9.59 Å². The van der Waals surface area contributed by atoms with Crippen molar-refractivity contribution in [3.8, 4) is 0 Å². The molecule has 1 rings (SSSR count). The minimum absolute atomic E-state index is 0.0236. The molecule has 0 spiro atoms. The average Bonchev–Trinajstić information content (AvgIpc) is 2.46. The third-order valence-electron chi connectivity index (χ3n) is 2.92. The van der Waals surface area contributed by atoms with Crippen LogP contribution < -0.4 is 16.0 Å². The van der Waals surface area contributed by atoms with Crippen LogP contribution in [0.25, 0.3) is 0 Å². The lowest BCUT2D eigenvalue weighted by Gasteiger charge is -2.20. The Bertz CT molecular complexity index is 531. The highest BCUT2D eigenvalue weighted by molar-refractivity contribution is 6.01. The topological polar surface area (TPSA) is 90.5 Å². The molecule has 0 fully saturated rings. The predicted octanol–water partition coefficient (Wildman–Crippen LogP) is 1.18. The number of para-hydroxylation sites is 1.